The zero-order chi connectivity index (χ0) is 41.4. The second kappa shape index (κ2) is 22.1. The first-order chi connectivity index (χ1) is 27.3. The molecule has 5 unspecified atom stereocenters. The van der Waals surface area contributed by atoms with Gasteiger partial charge in [0.15, 0.2) is 0 Å². The van der Waals surface area contributed by atoms with E-state index in [1.807, 2.05) is 74.5 Å². The molecule has 0 saturated carbocycles. The van der Waals surface area contributed by atoms with Crippen LogP contribution in [0.4, 0.5) is 5.69 Å². The van der Waals surface area contributed by atoms with Crippen LogP contribution >= 0.6 is 7.37 Å². The average molecular weight is 798 g/mol. The number of ether oxygens (including phenoxy) is 1. The maximum atomic E-state index is 14.4. The lowest BCUT2D eigenvalue weighted by atomic mass is 9.93. The Kier molecular flexibility index (Phi) is 17.4. The van der Waals surface area contributed by atoms with Gasteiger partial charge in [-0.2, -0.15) is 0 Å². The van der Waals surface area contributed by atoms with E-state index in [0.717, 1.165) is 12.0 Å². The fraction of sp³-hybridized carbons (Fsp3) is 0.413. The number of carbonyl (C=O) groups is 3. The summed E-state index contributed by atoms with van der Waals surface area (Å²) in [5.41, 5.74) is 1.31. The fourth-order valence-electron chi connectivity index (χ4n) is 6.03. The Labute approximate surface area is 338 Å². The fourth-order valence-corrected chi connectivity index (χ4v) is 8.08. The molecule has 0 aliphatic carbocycles. The third kappa shape index (κ3) is 13.9. The van der Waals surface area contributed by atoms with E-state index in [-0.39, 0.29) is 29.6 Å². The van der Waals surface area contributed by atoms with E-state index < -0.39 is 19.5 Å². The lowest BCUT2D eigenvalue weighted by Crippen LogP contribution is -2.44. The van der Waals surface area contributed by atoms with Crippen molar-refractivity contribution in [3.63, 3.8) is 0 Å². The van der Waals surface area contributed by atoms with Crippen molar-refractivity contribution in [1.29, 1.82) is 0 Å². The van der Waals surface area contributed by atoms with E-state index >= 15 is 0 Å². The number of hydrogen-bond acceptors (Lipinski definition) is 7. The Morgan fingerprint density at radius 1 is 0.684 bits per heavy atom. The van der Waals surface area contributed by atoms with Crippen molar-refractivity contribution >= 4 is 41.4 Å². The summed E-state index contributed by atoms with van der Waals surface area (Å²) in [5.74, 6) is 0.948. The minimum absolute atomic E-state index is 0.0407. The molecule has 0 saturated heterocycles. The molecular formula is C46H60N3O7P. The molecule has 0 spiro atoms. The van der Waals surface area contributed by atoms with Gasteiger partial charge in [-0.25, -0.2) is 0 Å². The second-order valence-electron chi connectivity index (χ2n) is 15.3. The quantitative estimate of drug-likeness (QED) is 0.0464. The molecule has 3 amide bonds. The summed E-state index contributed by atoms with van der Waals surface area (Å²) in [5, 5.41) is 19.8. The highest BCUT2D eigenvalue weighted by molar-refractivity contribution is 7.74. The number of anilines is 1. The van der Waals surface area contributed by atoms with Gasteiger partial charge in [0.1, 0.15) is 17.5 Å². The van der Waals surface area contributed by atoms with E-state index in [4.69, 9.17) is 9.26 Å². The lowest BCUT2D eigenvalue weighted by Gasteiger charge is -2.22. The van der Waals surface area contributed by atoms with Crippen LogP contribution in [0.1, 0.15) is 85.3 Å². The summed E-state index contributed by atoms with van der Waals surface area (Å²) < 4.78 is 26.4. The Morgan fingerprint density at radius 2 is 1.26 bits per heavy atom. The van der Waals surface area contributed by atoms with Crippen molar-refractivity contribution < 1.29 is 33.3 Å². The molecule has 4 N–H and O–H groups in total. The minimum atomic E-state index is -3.47. The molecule has 57 heavy (non-hydrogen) atoms. The lowest BCUT2D eigenvalue weighted by molar-refractivity contribution is -0.126. The van der Waals surface area contributed by atoms with Gasteiger partial charge in [0.2, 0.25) is 17.7 Å². The number of amides is 3. The number of aliphatic hydroxyl groups excluding tert-OH is 1. The predicted octanol–water partition coefficient (Wildman–Crippen LogP) is 8.18. The highest BCUT2D eigenvalue weighted by atomic mass is 31.2. The highest BCUT2D eigenvalue weighted by Crippen LogP contribution is 2.45. The molecule has 0 aromatic heterocycles. The van der Waals surface area contributed by atoms with Crippen molar-refractivity contribution in [1.82, 2.24) is 10.6 Å². The summed E-state index contributed by atoms with van der Waals surface area (Å²) >= 11 is 0. The molecule has 5 atom stereocenters. The summed E-state index contributed by atoms with van der Waals surface area (Å²) in [4.78, 5) is 39.6. The summed E-state index contributed by atoms with van der Waals surface area (Å²) in [6.45, 7) is 12.7. The molecule has 0 bridgehead atoms. The van der Waals surface area contributed by atoms with Crippen molar-refractivity contribution in [2.75, 3.05) is 18.5 Å². The number of benzene rings is 4. The molecule has 4 aromatic carbocycles. The van der Waals surface area contributed by atoms with E-state index in [1.54, 1.807) is 55.5 Å². The van der Waals surface area contributed by atoms with Gasteiger partial charge in [0.05, 0.1) is 23.3 Å². The maximum absolute atomic E-state index is 14.4. The summed E-state index contributed by atoms with van der Waals surface area (Å²) in [6.07, 6.45) is 2.10. The minimum Gasteiger partial charge on any atom is -0.493 e. The Morgan fingerprint density at radius 3 is 1.82 bits per heavy atom. The van der Waals surface area contributed by atoms with Crippen LogP contribution in [-0.4, -0.2) is 42.0 Å². The van der Waals surface area contributed by atoms with E-state index in [9.17, 15) is 24.1 Å². The van der Waals surface area contributed by atoms with Crippen LogP contribution in [0.15, 0.2) is 109 Å². The van der Waals surface area contributed by atoms with Gasteiger partial charge < -0.3 is 30.3 Å². The largest absolute Gasteiger partial charge is 0.493 e. The third-order valence-electron chi connectivity index (χ3n) is 10.5. The number of nitrogens with one attached hydrogen (secondary N) is 3. The SMILES string of the molecule is CC(O)c1ccc(OCC(C)C(C)C(=O)NCCCCC(NC(=O)CCC(C)C(C)C)C(=O)Nc2ccc(OP(=O)(c3ccccc3)c3ccccc3)cc2)cc1. The average Bonchev–Trinajstić information content (AvgIpc) is 3.22. The van der Waals surface area contributed by atoms with Gasteiger partial charge in [0.25, 0.3) is 0 Å². The Bertz CT molecular complexity index is 1840. The van der Waals surface area contributed by atoms with E-state index in [1.165, 1.54) is 0 Å². The van der Waals surface area contributed by atoms with Crippen LogP contribution in [0.25, 0.3) is 0 Å². The van der Waals surface area contributed by atoms with Crippen molar-refractivity contribution in [3.8, 4) is 11.5 Å². The van der Waals surface area contributed by atoms with Crippen LogP contribution in [0.3, 0.4) is 0 Å². The standard InChI is InChI=1S/C46H60N3O7P/c1-32(2)33(3)20-29-44(51)49-43(19-13-14-30-47-45(52)35(5)34(4)31-55-39-25-21-37(22-26-39)36(6)50)46(53)48-38-23-27-40(28-24-38)56-57(54,41-15-9-7-10-16-41)42-17-11-8-12-18-42/h7-12,15-18,21-28,32-36,43,50H,13-14,19-20,29-31H2,1-6H3,(H,47,52)(H,48,53)(H,49,51). The topological polar surface area (TPSA) is 143 Å². The van der Waals surface area contributed by atoms with E-state index in [0.29, 0.717) is 78.5 Å². The molecule has 0 heterocycles. The number of rotatable bonds is 22. The number of hydrogen-bond donors (Lipinski definition) is 4. The zero-order valence-corrected chi connectivity index (χ0v) is 35.0. The Hall–Kier alpha value is -4.92. The monoisotopic (exact) mass is 797 g/mol. The number of carbonyl (C=O) groups excluding carboxylic acids is 3. The second-order valence-corrected chi connectivity index (χ2v) is 17.6. The molecular weight excluding hydrogens is 737 g/mol. The molecule has 4 rings (SSSR count). The molecule has 0 radical (unpaired) electrons. The normalized spacial score (nSPS) is 14.1. The molecule has 10 nitrogen and oxygen atoms in total. The van der Waals surface area contributed by atoms with Gasteiger partial charge in [-0.3, -0.25) is 18.9 Å². The molecule has 0 aliphatic heterocycles. The molecule has 0 aliphatic rings. The number of aliphatic hydroxyl groups is 1. The maximum Gasteiger partial charge on any atom is 0.306 e. The van der Waals surface area contributed by atoms with Crippen molar-refractivity contribution in [2.45, 2.75) is 85.8 Å². The first kappa shape index (κ1) is 44.8. The highest BCUT2D eigenvalue weighted by Gasteiger charge is 2.30. The zero-order valence-electron chi connectivity index (χ0n) is 34.2. The van der Waals surface area contributed by atoms with Crippen LogP contribution in [0.2, 0.25) is 0 Å². The van der Waals surface area contributed by atoms with Gasteiger partial charge in [-0.15, -0.1) is 0 Å². The van der Waals surface area contributed by atoms with Gasteiger partial charge in [-0.05, 0) is 111 Å². The van der Waals surface area contributed by atoms with Crippen LogP contribution in [0, 0.1) is 23.7 Å². The summed E-state index contributed by atoms with van der Waals surface area (Å²) in [6, 6.07) is 31.4. The molecule has 306 valence electrons. The first-order valence-electron chi connectivity index (χ1n) is 20.1. The van der Waals surface area contributed by atoms with Gasteiger partial charge in [-0.1, -0.05) is 83.1 Å². The van der Waals surface area contributed by atoms with Crippen molar-refractivity contribution in [3.05, 3.63) is 115 Å². The summed E-state index contributed by atoms with van der Waals surface area (Å²) in [7, 11) is -3.47. The predicted molar refractivity (Wildman–Crippen MR) is 228 cm³/mol. The van der Waals surface area contributed by atoms with Crippen LogP contribution in [0.5, 0.6) is 11.5 Å². The van der Waals surface area contributed by atoms with Gasteiger partial charge >= 0.3 is 7.37 Å². The first-order valence-corrected chi connectivity index (χ1v) is 21.7. The van der Waals surface area contributed by atoms with Crippen LogP contribution < -0.4 is 35.8 Å². The van der Waals surface area contributed by atoms with Crippen LogP contribution in [-0.2, 0) is 18.9 Å². The molecule has 0 fully saturated rings. The molecule has 4 aromatic rings. The van der Waals surface area contributed by atoms with Gasteiger partial charge in [0, 0.05) is 30.5 Å². The third-order valence-corrected chi connectivity index (χ3v) is 12.9. The molecule has 11 heteroatoms. The number of unbranched alkanes of at least 4 members (excludes halogenated alkanes) is 1. The smallest absolute Gasteiger partial charge is 0.306 e. The Balaban J connectivity index is 1.32. The van der Waals surface area contributed by atoms with E-state index in [2.05, 4.69) is 36.7 Å². The van der Waals surface area contributed by atoms with Crippen molar-refractivity contribution in [2.24, 2.45) is 23.7 Å².